The zero-order valence-corrected chi connectivity index (χ0v) is 8.28. The van der Waals surface area contributed by atoms with Crippen LogP contribution in [0.25, 0.3) is 0 Å². The van der Waals surface area contributed by atoms with Crippen molar-refractivity contribution in [2.75, 3.05) is 33.3 Å². The predicted molar refractivity (Wildman–Crippen MR) is 51.5 cm³/mol. The summed E-state index contributed by atoms with van der Waals surface area (Å²) < 4.78 is 5.26. The summed E-state index contributed by atoms with van der Waals surface area (Å²) in [6.45, 7) is 3.07. The Morgan fingerprint density at radius 2 is 2.15 bits per heavy atom. The molecule has 4 nitrogen and oxygen atoms in total. The Morgan fingerprint density at radius 3 is 2.62 bits per heavy atom. The van der Waals surface area contributed by atoms with Crippen LogP contribution in [0.3, 0.4) is 0 Å². The van der Waals surface area contributed by atoms with E-state index in [0.717, 1.165) is 25.9 Å². The van der Waals surface area contributed by atoms with E-state index in [-0.39, 0.29) is 6.10 Å². The van der Waals surface area contributed by atoms with E-state index >= 15 is 0 Å². The van der Waals surface area contributed by atoms with Crippen LogP contribution in [0.2, 0.25) is 0 Å². The fourth-order valence-corrected chi connectivity index (χ4v) is 1.70. The van der Waals surface area contributed by atoms with Crippen molar-refractivity contribution in [2.45, 2.75) is 25.0 Å². The molecule has 78 valence electrons. The van der Waals surface area contributed by atoms with Crippen LogP contribution in [0.15, 0.2) is 0 Å². The van der Waals surface area contributed by atoms with Crippen LogP contribution in [-0.4, -0.2) is 55.5 Å². The van der Waals surface area contributed by atoms with Crippen LogP contribution in [0.4, 0.5) is 0 Å². The molecule has 0 amide bonds. The van der Waals surface area contributed by atoms with Gasteiger partial charge in [0.05, 0.1) is 12.2 Å². The monoisotopic (exact) mass is 188 g/mol. The van der Waals surface area contributed by atoms with Crippen LogP contribution in [0.1, 0.15) is 12.8 Å². The zero-order valence-electron chi connectivity index (χ0n) is 8.28. The number of methoxy groups -OCH3 is 1. The number of nitrogens with two attached hydrogens (primary N) is 1. The topological polar surface area (TPSA) is 58.7 Å². The van der Waals surface area contributed by atoms with Crippen LogP contribution in [-0.2, 0) is 4.74 Å². The lowest BCUT2D eigenvalue weighted by Crippen LogP contribution is -2.42. The molecule has 0 aromatic heterocycles. The highest BCUT2D eigenvalue weighted by Gasteiger charge is 2.19. The van der Waals surface area contributed by atoms with Crippen molar-refractivity contribution in [3.63, 3.8) is 0 Å². The van der Waals surface area contributed by atoms with Gasteiger partial charge >= 0.3 is 0 Å². The molecule has 1 unspecified atom stereocenters. The Bertz CT molecular complexity index is 136. The lowest BCUT2D eigenvalue weighted by Gasteiger charge is -2.32. The first-order valence-electron chi connectivity index (χ1n) is 4.89. The molecule has 0 aliphatic carbocycles. The average molecular weight is 188 g/mol. The summed E-state index contributed by atoms with van der Waals surface area (Å²) in [5, 5.41) is 9.34. The van der Waals surface area contributed by atoms with Gasteiger partial charge in [0.2, 0.25) is 0 Å². The quantitative estimate of drug-likeness (QED) is 0.619. The Morgan fingerprint density at radius 1 is 1.54 bits per heavy atom. The molecule has 1 saturated heterocycles. The van der Waals surface area contributed by atoms with Gasteiger partial charge in [-0.25, -0.2) is 0 Å². The summed E-state index contributed by atoms with van der Waals surface area (Å²) in [6.07, 6.45) is 2.16. The predicted octanol–water partition coefficient (Wildman–Crippen LogP) is -0.583. The van der Waals surface area contributed by atoms with Crippen molar-refractivity contribution < 1.29 is 9.84 Å². The number of β-amino-alcohol motifs (C(OH)–C–C–N with tert-alkyl or cyclic N) is 1. The van der Waals surface area contributed by atoms with E-state index < -0.39 is 0 Å². The molecule has 1 atom stereocenters. The fourth-order valence-electron chi connectivity index (χ4n) is 1.70. The molecule has 0 bridgehead atoms. The highest BCUT2D eigenvalue weighted by atomic mass is 16.5. The van der Waals surface area contributed by atoms with Crippen molar-refractivity contribution in [2.24, 2.45) is 5.73 Å². The fraction of sp³-hybridized carbons (Fsp3) is 1.00. The minimum atomic E-state index is -0.376. The first kappa shape index (κ1) is 10.9. The van der Waals surface area contributed by atoms with Crippen molar-refractivity contribution in [1.29, 1.82) is 0 Å². The Labute approximate surface area is 79.7 Å². The normalized spacial score (nSPS) is 23.3. The SMILES string of the molecule is COC1CCN(CC(O)CN)CC1. The Kier molecular flexibility index (Phi) is 4.66. The molecule has 13 heavy (non-hydrogen) atoms. The second kappa shape index (κ2) is 5.54. The third kappa shape index (κ3) is 3.60. The number of aliphatic hydroxyl groups is 1. The van der Waals surface area contributed by atoms with Gasteiger partial charge in [-0.1, -0.05) is 0 Å². The molecule has 0 aromatic rings. The maximum Gasteiger partial charge on any atom is 0.0789 e. The van der Waals surface area contributed by atoms with Gasteiger partial charge in [-0.2, -0.15) is 0 Å². The molecule has 0 aromatic carbocycles. The van der Waals surface area contributed by atoms with Gasteiger partial charge in [0.1, 0.15) is 0 Å². The molecular weight excluding hydrogens is 168 g/mol. The minimum absolute atomic E-state index is 0.351. The smallest absolute Gasteiger partial charge is 0.0789 e. The van der Waals surface area contributed by atoms with Crippen LogP contribution in [0, 0.1) is 0 Å². The number of hydrogen-bond donors (Lipinski definition) is 2. The third-order valence-electron chi connectivity index (χ3n) is 2.61. The highest BCUT2D eigenvalue weighted by Crippen LogP contribution is 2.12. The molecule has 3 N–H and O–H groups in total. The van der Waals surface area contributed by atoms with Crippen molar-refractivity contribution >= 4 is 0 Å². The summed E-state index contributed by atoms with van der Waals surface area (Å²) >= 11 is 0. The number of hydrogen-bond acceptors (Lipinski definition) is 4. The maximum absolute atomic E-state index is 9.34. The first-order valence-corrected chi connectivity index (χ1v) is 4.89. The molecule has 4 heteroatoms. The second-order valence-corrected chi connectivity index (χ2v) is 3.63. The molecular formula is C9H20N2O2. The van der Waals surface area contributed by atoms with Crippen LogP contribution >= 0.6 is 0 Å². The highest BCUT2D eigenvalue weighted by molar-refractivity contribution is 4.74. The van der Waals surface area contributed by atoms with E-state index in [1.165, 1.54) is 0 Å². The molecule has 1 heterocycles. The van der Waals surface area contributed by atoms with Crippen LogP contribution in [0.5, 0.6) is 0 Å². The van der Waals surface area contributed by atoms with Crippen molar-refractivity contribution in [3.05, 3.63) is 0 Å². The third-order valence-corrected chi connectivity index (χ3v) is 2.61. The summed E-state index contributed by atoms with van der Waals surface area (Å²) in [7, 11) is 1.76. The number of ether oxygens (including phenoxy) is 1. The van der Waals surface area contributed by atoms with Crippen molar-refractivity contribution in [3.8, 4) is 0 Å². The van der Waals surface area contributed by atoms with Gasteiger partial charge in [-0.3, -0.25) is 0 Å². The lowest BCUT2D eigenvalue weighted by molar-refractivity contribution is 0.0259. The molecule has 0 spiro atoms. The Hall–Kier alpha value is -0.160. The summed E-state index contributed by atoms with van der Waals surface area (Å²) in [4.78, 5) is 2.24. The van der Waals surface area contributed by atoms with Crippen LogP contribution < -0.4 is 5.73 Å². The summed E-state index contributed by atoms with van der Waals surface area (Å²) in [5.41, 5.74) is 5.34. The zero-order chi connectivity index (χ0) is 9.68. The minimum Gasteiger partial charge on any atom is -0.390 e. The van der Waals surface area contributed by atoms with Gasteiger partial charge < -0.3 is 20.5 Å². The number of piperidine rings is 1. The molecule has 1 fully saturated rings. The van der Waals surface area contributed by atoms with Gasteiger partial charge in [-0.05, 0) is 12.8 Å². The molecule has 0 radical (unpaired) electrons. The van der Waals surface area contributed by atoms with Gasteiger partial charge in [0, 0.05) is 33.3 Å². The Balaban J connectivity index is 2.17. The number of likely N-dealkylation sites (tertiary alicyclic amines) is 1. The molecule has 1 rings (SSSR count). The first-order chi connectivity index (χ1) is 6.26. The number of rotatable bonds is 4. The molecule has 1 aliphatic heterocycles. The van der Waals surface area contributed by atoms with E-state index in [1.807, 2.05) is 0 Å². The summed E-state index contributed by atoms with van der Waals surface area (Å²) in [5.74, 6) is 0. The summed E-state index contributed by atoms with van der Waals surface area (Å²) in [6, 6.07) is 0. The second-order valence-electron chi connectivity index (χ2n) is 3.63. The van der Waals surface area contributed by atoms with Gasteiger partial charge in [-0.15, -0.1) is 0 Å². The molecule has 0 saturated carbocycles. The van der Waals surface area contributed by atoms with E-state index in [0.29, 0.717) is 19.2 Å². The standard InChI is InChI=1S/C9H20N2O2/c1-13-9-2-4-11(5-3-9)7-8(12)6-10/h8-9,12H,2-7,10H2,1H3. The van der Waals surface area contributed by atoms with Gasteiger partial charge in [0.15, 0.2) is 0 Å². The van der Waals surface area contributed by atoms with Gasteiger partial charge in [0.25, 0.3) is 0 Å². The lowest BCUT2D eigenvalue weighted by atomic mass is 10.1. The average Bonchev–Trinajstić information content (AvgIpc) is 2.19. The van der Waals surface area contributed by atoms with E-state index in [1.54, 1.807) is 7.11 Å². The van der Waals surface area contributed by atoms with E-state index in [2.05, 4.69) is 4.90 Å². The van der Waals surface area contributed by atoms with E-state index in [4.69, 9.17) is 10.5 Å². The largest absolute Gasteiger partial charge is 0.390 e. The van der Waals surface area contributed by atoms with Crippen molar-refractivity contribution in [1.82, 2.24) is 4.90 Å². The number of nitrogens with zero attached hydrogens (tertiary/aromatic N) is 1. The van der Waals surface area contributed by atoms with E-state index in [9.17, 15) is 5.11 Å². The number of aliphatic hydroxyl groups excluding tert-OH is 1. The maximum atomic E-state index is 9.34. The molecule has 1 aliphatic rings.